The van der Waals surface area contributed by atoms with Crippen molar-refractivity contribution in [3.05, 3.63) is 35.4 Å². The Bertz CT molecular complexity index is 600. The Morgan fingerprint density at radius 2 is 1.96 bits per heavy atom. The molecule has 0 bridgehead atoms. The average Bonchev–Trinajstić information content (AvgIpc) is 2.52. The van der Waals surface area contributed by atoms with E-state index >= 15 is 0 Å². The van der Waals surface area contributed by atoms with Gasteiger partial charge in [0.2, 0.25) is 5.91 Å². The summed E-state index contributed by atoms with van der Waals surface area (Å²) in [5, 5.41) is 5.98. The fraction of sp³-hybridized carbons (Fsp3) is 0.588. The van der Waals surface area contributed by atoms with Gasteiger partial charge in [-0.05, 0) is 24.5 Å². The molecule has 0 aromatic heterocycles. The van der Waals surface area contributed by atoms with Gasteiger partial charge in [-0.25, -0.2) is 0 Å². The zero-order chi connectivity index (χ0) is 17.2. The van der Waals surface area contributed by atoms with Gasteiger partial charge in [0, 0.05) is 38.3 Å². The number of alkyl halides is 3. The molecular weight excluding hydrogens is 357 g/mol. The van der Waals surface area contributed by atoms with Crippen LogP contribution in [0.4, 0.5) is 13.2 Å². The first-order valence-electron chi connectivity index (χ1n) is 8.15. The van der Waals surface area contributed by atoms with E-state index in [1.54, 1.807) is 6.07 Å². The maximum absolute atomic E-state index is 13.0. The van der Waals surface area contributed by atoms with Crippen molar-refractivity contribution in [3.63, 3.8) is 0 Å². The van der Waals surface area contributed by atoms with E-state index in [-0.39, 0.29) is 24.2 Å². The van der Waals surface area contributed by atoms with Gasteiger partial charge in [0.25, 0.3) is 0 Å². The van der Waals surface area contributed by atoms with E-state index in [1.165, 1.54) is 12.1 Å². The van der Waals surface area contributed by atoms with Crippen molar-refractivity contribution < 1.29 is 22.7 Å². The highest BCUT2D eigenvalue weighted by Crippen LogP contribution is 2.37. The standard InChI is InChI=1S/C17H21F3N2O2.ClH/c18-17(19,20)14-3-1-2-13(8-14)16(4-6-24-7-5-16)11-22-15(23)12-9-21-10-12;/h1-3,8,12,21H,4-7,9-11H2,(H,22,23);1H. The van der Waals surface area contributed by atoms with Crippen molar-refractivity contribution in [2.45, 2.75) is 24.4 Å². The SMILES string of the molecule is Cl.O=C(NCC1(c2cccc(C(F)(F)F)c2)CCOCC1)C1CNC1. The van der Waals surface area contributed by atoms with Crippen LogP contribution in [-0.2, 0) is 21.1 Å². The number of hydrogen-bond acceptors (Lipinski definition) is 3. The van der Waals surface area contributed by atoms with Gasteiger partial charge in [-0.15, -0.1) is 12.4 Å². The number of nitrogens with one attached hydrogen (secondary N) is 2. The summed E-state index contributed by atoms with van der Waals surface area (Å²) in [5.41, 5.74) is -0.542. The first-order chi connectivity index (χ1) is 11.4. The molecule has 2 heterocycles. The van der Waals surface area contributed by atoms with E-state index < -0.39 is 17.2 Å². The maximum Gasteiger partial charge on any atom is 0.416 e. The third-order valence-electron chi connectivity index (χ3n) is 5.01. The van der Waals surface area contributed by atoms with Crippen LogP contribution in [-0.4, -0.2) is 38.8 Å². The summed E-state index contributed by atoms with van der Waals surface area (Å²) in [4.78, 5) is 12.1. The van der Waals surface area contributed by atoms with Gasteiger partial charge in [-0.2, -0.15) is 13.2 Å². The predicted molar refractivity (Wildman–Crippen MR) is 89.8 cm³/mol. The van der Waals surface area contributed by atoms with Crippen molar-refractivity contribution in [1.82, 2.24) is 10.6 Å². The molecule has 140 valence electrons. The van der Waals surface area contributed by atoms with Gasteiger partial charge < -0.3 is 15.4 Å². The molecule has 8 heteroatoms. The smallest absolute Gasteiger partial charge is 0.381 e. The van der Waals surface area contributed by atoms with Gasteiger partial charge in [0.05, 0.1) is 11.5 Å². The lowest BCUT2D eigenvalue weighted by atomic mass is 9.73. The number of halogens is 4. The zero-order valence-corrected chi connectivity index (χ0v) is 14.5. The summed E-state index contributed by atoms with van der Waals surface area (Å²) in [6, 6.07) is 5.45. The molecule has 1 amide bonds. The van der Waals surface area contributed by atoms with Crippen LogP contribution in [0.15, 0.2) is 24.3 Å². The first kappa shape index (κ1) is 20.0. The Morgan fingerprint density at radius 3 is 2.52 bits per heavy atom. The summed E-state index contributed by atoms with van der Waals surface area (Å²) in [5.74, 6) is -0.0741. The van der Waals surface area contributed by atoms with E-state index in [9.17, 15) is 18.0 Å². The number of amides is 1. The Morgan fingerprint density at radius 1 is 1.28 bits per heavy atom. The Kier molecular flexibility index (Phi) is 6.35. The summed E-state index contributed by atoms with van der Waals surface area (Å²) in [6.45, 7) is 2.62. The average molecular weight is 379 g/mol. The second kappa shape index (κ2) is 7.93. The molecule has 1 aromatic rings. The number of carbonyl (C=O) groups excluding carboxylic acids is 1. The van der Waals surface area contributed by atoms with E-state index in [4.69, 9.17) is 4.74 Å². The van der Waals surface area contributed by atoms with Crippen LogP contribution in [0.25, 0.3) is 0 Å². The fourth-order valence-corrected chi connectivity index (χ4v) is 3.23. The lowest BCUT2D eigenvalue weighted by Gasteiger charge is -2.39. The lowest BCUT2D eigenvalue weighted by molar-refractivity contribution is -0.137. The molecule has 25 heavy (non-hydrogen) atoms. The molecule has 0 spiro atoms. The number of carbonyl (C=O) groups is 1. The molecule has 2 N–H and O–H groups in total. The van der Waals surface area contributed by atoms with Crippen LogP contribution >= 0.6 is 12.4 Å². The topological polar surface area (TPSA) is 50.4 Å². The molecule has 0 aliphatic carbocycles. The molecule has 2 aliphatic rings. The summed E-state index contributed by atoms with van der Waals surface area (Å²) in [7, 11) is 0. The minimum atomic E-state index is -4.37. The normalized spacial score (nSPS) is 20.3. The van der Waals surface area contributed by atoms with Crippen molar-refractivity contribution in [3.8, 4) is 0 Å². The van der Waals surface area contributed by atoms with Gasteiger partial charge >= 0.3 is 6.18 Å². The Labute approximate surface area is 150 Å². The van der Waals surface area contributed by atoms with Gasteiger partial charge in [0.1, 0.15) is 0 Å². The van der Waals surface area contributed by atoms with E-state index in [2.05, 4.69) is 10.6 Å². The minimum absolute atomic E-state index is 0. The summed E-state index contributed by atoms with van der Waals surface area (Å²) >= 11 is 0. The van der Waals surface area contributed by atoms with Gasteiger partial charge in [0.15, 0.2) is 0 Å². The Hall–Kier alpha value is -1.31. The largest absolute Gasteiger partial charge is 0.416 e. The molecule has 2 aliphatic heterocycles. The number of benzene rings is 1. The van der Waals surface area contributed by atoms with E-state index in [0.717, 1.165) is 6.07 Å². The second-order valence-electron chi connectivity index (χ2n) is 6.54. The molecule has 0 atom stereocenters. The van der Waals surface area contributed by atoms with Crippen LogP contribution in [0.3, 0.4) is 0 Å². The van der Waals surface area contributed by atoms with Crippen LogP contribution in [0.1, 0.15) is 24.0 Å². The molecule has 0 radical (unpaired) electrons. The highest BCUT2D eigenvalue weighted by molar-refractivity contribution is 5.85. The molecule has 2 fully saturated rings. The second-order valence-corrected chi connectivity index (χ2v) is 6.54. The number of rotatable bonds is 4. The highest BCUT2D eigenvalue weighted by Gasteiger charge is 2.38. The molecule has 3 rings (SSSR count). The molecule has 4 nitrogen and oxygen atoms in total. The monoisotopic (exact) mass is 378 g/mol. The third-order valence-corrected chi connectivity index (χ3v) is 5.01. The lowest BCUT2D eigenvalue weighted by Crippen LogP contribution is -2.53. The zero-order valence-electron chi connectivity index (χ0n) is 13.7. The summed E-state index contributed by atoms with van der Waals surface area (Å²) in [6.07, 6.45) is -3.18. The van der Waals surface area contributed by atoms with Crippen molar-refractivity contribution in [2.75, 3.05) is 32.8 Å². The molecule has 0 saturated carbocycles. The van der Waals surface area contributed by atoms with Crippen molar-refractivity contribution >= 4 is 18.3 Å². The van der Waals surface area contributed by atoms with Crippen LogP contribution in [0.2, 0.25) is 0 Å². The molecule has 1 aromatic carbocycles. The Balaban J connectivity index is 0.00000225. The van der Waals surface area contributed by atoms with Crippen LogP contribution < -0.4 is 10.6 Å². The molecule has 0 unspecified atom stereocenters. The van der Waals surface area contributed by atoms with Crippen molar-refractivity contribution in [2.24, 2.45) is 5.92 Å². The van der Waals surface area contributed by atoms with Crippen LogP contribution in [0.5, 0.6) is 0 Å². The highest BCUT2D eigenvalue weighted by atomic mass is 35.5. The quantitative estimate of drug-likeness (QED) is 0.846. The van der Waals surface area contributed by atoms with Gasteiger partial charge in [-0.3, -0.25) is 4.79 Å². The van der Waals surface area contributed by atoms with Crippen LogP contribution in [0, 0.1) is 5.92 Å². The third kappa shape index (κ3) is 4.46. The number of hydrogen-bond donors (Lipinski definition) is 2. The van der Waals surface area contributed by atoms with Crippen molar-refractivity contribution in [1.29, 1.82) is 0 Å². The minimum Gasteiger partial charge on any atom is -0.381 e. The first-order valence-corrected chi connectivity index (χ1v) is 8.15. The predicted octanol–water partition coefficient (Wildman–Crippen LogP) is 2.51. The molecule has 2 saturated heterocycles. The van der Waals surface area contributed by atoms with E-state index in [1.807, 2.05) is 0 Å². The van der Waals surface area contributed by atoms with Gasteiger partial charge in [-0.1, -0.05) is 18.2 Å². The maximum atomic E-state index is 13.0. The molecular formula is C17H22ClF3N2O2. The number of ether oxygens (including phenoxy) is 1. The fourth-order valence-electron chi connectivity index (χ4n) is 3.23. The van der Waals surface area contributed by atoms with E-state index in [0.29, 0.717) is 51.3 Å². The summed E-state index contributed by atoms with van der Waals surface area (Å²) < 4.78 is 44.5.